The van der Waals surface area contributed by atoms with E-state index in [1.165, 1.54) is 0 Å². The van der Waals surface area contributed by atoms with Gasteiger partial charge in [0.15, 0.2) is 0 Å². The Morgan fingerprint density at radius 3 is 2.23 bits per heavy atom. The van der Waals surface area contributed by atoms with E-state index in [1.807, 2.05) is 54.6 Å². The smallest absolute Gasteiger partial charge is 0.305 e. The fraction of sp³-hybridized carbons (Fsp3) is 0.273. The molecule has 2 N–H and O–H groups in total. The molecule has 0 aliphatic carbocycles. The standard InChI is InChI=1S/C33H30O7/c1-18-22(34)16-25-27(30(18)37-3)29-28-26(40-33(39-25,32(29)35)20-12-8-5-9-13-20)17-24(36-2)21-14-15-23(38-31(21)28)19-10-6-4-7-11-19/h4-13,16-17,23,29,32,34-35H,14-15H2,1-3H3/t23-,29+,32?,33-/m0/s1. The number of aliphatic hydroxyl groups excluding tert-OH is 1. The molecule has 0 saturated heterocycles. The van der Waals surface area contributed by atoms with E-state index in [0.29, 0.717) is 51.0 Å². The summed E-state index contributed by atoms with van der Waals surface area (Å²) in [6.45, 7) is 1.78. The number of rotatable bonds is 4. The van der Waals surface area contributed by atoms with Crippen molar-refractivity contribution in [3.8, 4) is 34.5 Å². The molecular weight excluding hydrogens is 508 g/mol. The highest BCUT2D eigenvalue weighted by molar-refractivity contribution is 5.69. The maximum Gasteiger partial charge on any atom is 0.305 e. The average Bonchev–Trinajstić information content (AvgIpc) is 2.99. The first kappa shape index (κ1) is 24.7. The molecule has 0 saturated carbocycles. The highest BCUT2D eigenvalue weighted by Gasteiger charge is 2.60. The van der Waals surface area contributed by atoms with Crippen molar-refractivity contribution in [3.63, 3.8) is 0 Å². The molecule has 204 valence electrons. The number of fused-ring (bicyclic) bond motifs is 8. The van der Waals surface area contributed by atoms with Crippen LogP contribution in [0.4, 0.5) is 0 Å². The number of hydrogen-bond acceptors (Lipinski definition) is 7. The quantitative estimate of drug-likeness (QED) is 0.334. The predicted octanol–water partition coefficient (Wildman–Crippen LogP) is 5.91. The van der Waals surface area contributed by atoms with Crippen molar-refractivity contribution >= 4 is 0 Å². The number of aliphatic hydroxyl groups is 1. The van der Waals surface area contributed by atoms with Crippen LogP contribution in [0.2, 0.25) is 0 Å². The molecule has 7 rings (SSSR count). The SMILES string of the molecule is COc1cc2c(c3c1CC[C@@H](c1ccccc1)O3)[C@H]1c3c(cc(O)c(C)c3OC)O[C@@](c3ccccc3)(O2)C1O. The molecule has 0 radical (unpaired) electrons. The first-order chi connectivity index (χ1) is 19.5. The zero-order valence-electron chi connectivity index (χ0n) is 22.5. The number of methoxy groups -OCH3 is 2. The Morgan fingerprint density at radius 1 is 0.875 bits per heavy atom. The third-order valence-corrected chi connectivity index (χ3v) is 8.38. The zero-order valence-corrected chi connectivity index (χ0v) is 22.5. The molecular formula is C33H30O7. The first-order valence-electron chi connectivity index (χ1n) is 13.4. The van der Waals surface area contributed by atoms with Gasteiger partial charge in [0.05, 0.1) is 20.1 Å². The van der Waals surface area contributed by atoms with Crippen LogP contribution in [0.1, 0.15) is 51.8 Å². The van der Waals surface area contributed by atoms with E-state index in [1.54, 1.807) is 27.2 Å². The van der Waals surface area contributed by atoms with Crippen LogP contribution < -0.4 is 23.7 Å². The summed E-state index contributed by atoms with van der Waals surface area (Å²) >= 11 is 0. The molecule has 3 aliphatic rings. The van der Waals surface area contributed by atoms with Gasteiger partial charge in [-0.05, 0) is 25.3 Å². The average molecular weight is 539 g/mol. The lowest BCUT2D eigenvalue weighted by Gasteiger charge is -2.50. The maximum atomic E-state index is 12.2. The Morgan fingerprint density at radius 2 is 1.55 bits per heavy atom. The molecule has 1 unspecified atom stereocenters. The molecule has 7 nitrogen and oxygen atoms in total. The lowest BCUT2D eigenvalue weighted by atomic mass is 9.74. The number of hydrogen-bond donors (Lipinski definition) is 2. The van der Waals surface area contributed by atoms with Gasteiger partial charge in [0.1, 0.15) is 46.7 Å². The van der Waals surface area contributed by atoms with Crippen LogP contribution in [-0.4, -0.2) is 30.5 Å². The molecule has 0 aromatic heterocycles. The van der Waals surface area contributed by atoms with Gasteiger partial charge in [0, 0.05) is 39.9 Å². The van der Waals surface area contributed by atoms with Crippen molar-refractivity contribution in [3.05, 3.63) is 106 Å². The molecule has 4 aromatic carbocycles. The second kappa shape index (κ2) is 9.10. The van der Waals surface area contributed by atoms with E-state index in [4.69, 9.17) is 23.7 Å². The van der Waals surface area contributed by atoms with Crippen molar-refractivity contribution in [1.29, 1.82) is 0 Å². The van der Waals surface area contributed by atoms with Gasteiger partial charge >= 0.3 is 5.79 Å². The van der Waals surface area contributed by atoms with E-state index < -0.39 is 17.8 Å². The number of ether oxygens (including phenoxy) is 5. The van der Waals surface area contributed by atoms with Crippen LogP contribution in [0.3, 0.4) is 0 Å². The van der Waals surface area contributed by atoms with Gasteiger partial charge in [-0.3, -0.25) is 0 Å². The Balaban J connectivity index is 1.52. The van der Waals surface area contributed by atoms with Gasteiger partial charge in [-0.1, -0.05) is 60.7 Å². The van der Waals surface area contributed by atoms with Gasteiger partial charge in [-0.2, -0.15) is 0 Å². The van der Waals surface area contributed by atoms with Gasteiger partial charge in [-0.15, -0.1) is 0 Å². The molecule has 4 aromatic rings. The van der Waals surface area contributed by atoms with Gasteiger partial charge in [0.25, 0.3) is 0 Å². The van der Waals surface area contributed by atoms with Crippen molar-refractivity contribution < 1.29 is 33.9 Å². The second-order valence-corrected chi connectivity index (χ2v) is 10.5. The molecule has 4 atom stereocenters. The van der Waals surface area contributed by atoms with E-state index in [2.05, 4.69) is 12.1 Å². The molecule has 2 bridgehead atoms. The fourth-order valence-corrected chi connectivity index (χ4v) is 6.47. The maximum absolute atomic E-state index is 12.2. The van der Waals surface area contributed by atoms with E-state index in [9.17, 15) is 10.2 Å². The summed E-state index contributed by atoms with van der Waals surface area (Å²) < 4.78 is 31.7. The highest BCUT2D eigenvalue weighted by atomic mass is 16.7. The summed E-state index contributed by atoms with van der Waals surface area (Å²) in [5, 5.41) is 23.0. The number of phenols is 1. The largest absolute Gasteiger partial charge is 0.507 e. The van der Waals surface area contributed by atoms with Crippen molar-refractivity contribution in [2.45, 2.75) is 43.7 Å². The minimum Gasteiger partial charge on any atom is -0.507 e. The fourth-order valence-electron chi connectivity index (χ4n) is 6.47. The molecule has 3 aliphatic heterocycles. The third-order valence-electron chi connectivity index (χ3n) is 8.38. The Kier molecular flexibility index (Phi) is 5.61. The Bertz CT molecular complexity index is 1600. The van der Waals surface area contributed by atoms with E-state index in [-0.39, 0.29) is 11.9 Å². The van der Waals surface area contributed by atoms with E-state index >= 15 is 0 Å². The van der Waals surface area contributed by atoms with Crippen LogP contribution in [0.15, 0.2) is 72.8 Å². The van der Waals surface area contributed by atoms with Gasteiger partial charge < -0.3 is 33.9 Å². The molecule has 7 heteroatoms. The van der Waals surface area contributed by atoms with Gasteiger partial charge in [-0.25, -0.2) is 0 Å². The first-order valence-corrected chi connectivity index (χ1v) is 13.4. The van der Waals surface area contributed by atoms with Crippen molar-refractivity contribution in [1.82, 2.24) is 0 Å². The molecule has 0 fully saturated rings. The minimum atomic E-state index is -1.58. The summed E-state index contributed by atoms with van der Waals surface area (Å²) in [5.74, 6) is 0.445. The summed E-state index contributed by atoms with van der Waals surface area (Å²) in [5.41, 5.74) is 4.55. The third kappa shape index (κ3) is 3.40. The summed E-state index contributed by atoms with van der Waals surface area (Å²) in [6.07, 6.45) is 0.175. The topological polar surface area (TPSA) is 86.6 Å². The monoisotopic (exact) mass is 538 g/mol. The van der Waals surface area contributed by atoms with Crippen LogP contribution >= 0.6 is 0 Å². The lowest BCUT2D eigenvalue weighted by molar-refractivity contribution is -0.218. The summed E-state index contributed by atoms with van der Waals surface area (Å²) in [4.78, 5) is 0. The number of aromatic hydroxyl groups is 1. The minimum absolute atomic E-state index is 0.0330. The van der Waals surface area contributed by atoms with E-state index in [0.717, 1.165) is 24.0 Å². The van der Waals surface area contributed by atoms with Crippen molar-refractivity contribution in [2.75, 3.05) is 14.2 Å². The summed E-state index contributed by atoms with van der Waals surface area (Å²) in [6, 6.07) is 22.9. The Labute approximate surface area is 232 Å². The molecule has 40 heavy (non-hydrogen) atoms. The second-order valence-electron chi connectivity index (χ2n) is 10.5. The Hall–Kier alpha value is -4.36. The number of benzene rings is 4. The highest BCUT2D eigenvalue weighted by Crippen LogP contribution is 2.62. The summed E-state index contributed by atoms with van der Waals surface area (Å²) in [7, 11) is 3.19. The lowest BCUT2D eigenvalue weighted by Crippen LogP contribution is -2.57. The van der Waals surface area contributed by atoms with Crippen LogP contribution in [0, 0.1) is 6.92 Å². The van der Waals surface area contributed by atoms with Gasteiger partial charge in [0.2, 0.25) is 0 Å². The van der Waals surface area contributed by atoms with Crippen LogP contribution in [0.25, 0.3) is 0 Å². The van der Waals surface area contributed by atoms with Crippen LogP contribution in [-0.2, 0) is 12.2 Å². The van der Waals surface area contributed by atoms with Crippen LogP contribution in [0.5, 0.6) is 34.5 Å². The zero-order chi connectivity index (χ0) is 27.6. The molecule has 3 heterocycles. The normalized spacial score (nSPS) is 23.9. The van der Waals surface area contributed by atoms with Crippen molar-refractivity contribution in [2.24, 2.45) is 0 Å². The molecule has 0 spiro atoms. The predicted molar refractivity (Wildman–Crippen MR) is 148 cm³/mol. The molecule has 0 amide bonds. The number of phenolic OH excluding ortho intramolecular Hbond substituents is 1.